The Kier molecular flexibility index (Phi) is 3.48. The van der Waals surface area contributed by atoms with Crippen LogP contribution in [0, 0.1) is 0 Å². The lowest BCUT2D eigenvalue weighted by molar-refractivity contribution is -0.117. The molecular weight excluding hydrogens is 180 g/mol. The number of anilines is 1. The van der Waals surface area contributed by atoms with E-state index in [9.17, 15) is 9.90 Å². The zero-order chi connectivity index (χ0) is 10.6. The summed E-state index contributed by atoms with van der Waals surface area (Å²) in [5.74, 6) is -0.238. The van der Waals surface area contributed by atoms with Crippen LogP contribution in [0.25, 0.3) is 0 Å². The number of phenolic OH excluding ortho intramolecular Hbond substituents is 1. The molecule has 0 saturated heterocycles. The van der Waals surface area contributed by atoms with Crippen LogP contribution in [0.3, 0.4) is 0 Å². The van der Waals surface area contributed by atoms with Gasteiger partial charge in [-0.25, -0.2) is 0 Å². The number of nitrogens with two attached hydrogens (primary N) is 1. The number of carbonyl (C=O) groups is 1. The second-order valence-corrected chi connectivity index (χ2v) is 3.02. The first-order chi connectivity index (χ1) is 6.65. The van der Waals surface area contributed by atoms with Gasteiger partial charge >= 0.3 is 0 Å². The molecule has 4 heteroatoms. The van der Waals surface area contributed by atoms with Gasteiger partial charge in [-0.2, -0.15) is 0 Å². The van der Waals surface area contributed by atoms with E-state index in [-0.39, 0.29) is 11.7 Å². The standard InChI is InChI=1S/C10H14N2O2/c1-2-7(11)10(14)12-8-5-3-4-6-9(8)13/h3-7,13H,2,11H2,1H3,(H,12,14). The number of carbonyl (C=O) groups excluding carboxylic acids is 1. The molecule has 4 N–H and O–H groups in total. The highest BCUT2D eigenvalue weighted by Gasteiger charge is 2.12. The lowest BCUT2D eigenvalue weighted by atomic mass is 10.2. The molecule has 0 radical (unpaired) electrons. The van der Waals surface area contributed by atoms with Crippen molar-refractivity contribution in [2.45, 2.75) is 19.4 Å². The third-order valence-corrected chi connectivity index (χ3v) is 1.94. The summed E-state index contributed by atoms with van der Waals surface area (Å²) in [7, 11) is 0. The third-order valence-electron chi connectivity index (χ3n) is 1.94. The van der Waals surface area contributed by atoms with Gasteiger partial charge in [0, 0.05) is 0 Å². The molecule has 1 aromatic carbocycles. The number of benzene rings is 1. The molecule has 0 aromatic heterocycles. The summed E-state index contributed by atoms with van der Waals surface area (Å²) in [4.78, 5) is 11.3. The lowest BCUT2D eigenvalue weighted by Gasteiger charge is -2.10. The molecule has 1 rings (SSSR count). The minimum atomic E-state index is -0.533. The molecule has 1 aromatic rings. The number of aromatic hydroxyl groups is 1. The van der Waals surface area contributed by atoms with Crippen LogP contribution in [0.1, 0.15) is 13.3 Å². The molecule has 1 atom stereocenters. The van der Waals surface area contributed by atoms with Crippen LogP contribution in [0.5, 0.6) is 5.75 Å². The van der Waals surface area contributed by atoms with Crippen LogP contribution < -0.4 is 11.1 Å². The van der Waals surface area contributed by atoms with Crippen molar-refractivity contribution in [3.8, 4) is 5.75 Å². The van der Waals surface area contributed by atoms with Gasteiger partial charge in [0.2, 0.25) is 5.91 Å². The fourth-order valence-electron chi connectivity index (χ4n) is 0.990. The maximum Gasteiger partial charge on any atom is 0.241 e. The van der Waals surface area contributed by atoms with E-state index in [4.69, 9.17) is 5.73 Å². The summed E-state index contributed by atoms with van der Waals surface area (Å²) in [5.41, 5.74) is 5.91. The SMILES string of the molecule is CCC(N)C(=O)Nc1ccccc1O. The molecule has 0 saturated carbocycles. The number of amides is 1. The molecule has 1 amide bonds. The Morgan fingerprint density at radius 2 is 2.21 bits per heavy atom. The van der Waals surface area contributed by atoms with E-state index in [1.807, 2.05) is 6.92 Å². The zero-order valence-electron chi connectivity index (χ0n) is 8.03. The van der Waals surface area contributed by atoms with Gasteiger partial charge in [0.15, 0.2) is 0 Å². The van der Waals surface area contributed by atoms with Gasteiger partial charge in [-0.15, -0.1) is 0 Å². The van der Waals surface area contributed by atoms with Crippen molar-refractivity contribution >= 4 is 11.6 Å². The highest BCUT2D eigenvalue weighted by molar-refractivity contribution is 5.95. The van der Waals surface area contributed by atoms with Crippen molar-refractivity contribution in [3.63, 3.8) is 0 Å². The highest BCUT2D eigenvalue weighted by atomic mass is 16.3. The second-order valence-electron chi connectivity index (χ2n) is 3.02. The summed E-state index contributed by atoms with van der Waals surface area (Å²) in [6.07, 6.45) is 0.569. The summed E-state index contributed by atoms with van der Waals surface area (Å²) in [6, 6.07) is 6.01. The minimum absolute atomic E-state index is 0.0455. The Bertz CT molecular complexity index is 326. The second kappa shape index (κ2) is 4.62. The monoisotopic (exact) mass is 194 g/mol. The maximum absolute atomic E-state index is 11.3. The van der Waals surface area contributed by atoms with Crippen molar-refractivity contribution in [2.75, 3.05) is 5.32 Å². The fourth-order valence-corrected chi connectivity index (χ4v) is 0.990. The van der Waals surface area contributed by atoms with E-state index in [2.05, 4.69) is 5.32 Å². The zero-order valence-corrected chi connectivity index (χ0v) is 8.03. The van der Waals surface area contributed by atoms with E-state index in [0.29, 0.717) is 12.1 Å². The summed E-state index contributed by atoms with van der Waals surface area (Å²) in [6.45, 7) is 1.83. The average Bonchev–Trinajstić information content (AvgIpc) is 2.20. The van der Waals surface area contributed by atoms with Crippen molar-refractivity contribution in [1.82, 2.24) is 0 Å². The lowest BCUT2D eigenvalue weighted by Crippen LogP contribution is -2.34. The molecule has 0 spiro atoms. The molecule has 0 aliphatic carbocycles. The predicted octanol–water partition coefficient (Wildman–Crippen LogP) is 1.07. The van der Waals surface area contributed by atoms with Gasteiger partial charge in [0.1, 0.15) is 5.75 Å². The average molecular weight is 194 g/mol. The van der Waals surface area contributed by atoms with E-state index in [0.717, 1.165) is 0 Å². The quantitative estimate of drug-likeness (QED) is 0.630. The number of phenols is 1. The molecule has 76 valence electrons. The summed E-state index contributed by atoms with van der Waals surface area (Å²) >= 11 is 0. The maximum atomic E-state index is 11.3. The molecule has 0 fully saturated rings. The number of nitrogens with one attached hydrogen (secondary N) is 1. The van der Waals surface area contributed by atoms with E-state index < -0.39 is 6.04 Å². The minimum Gasteiger partial charge on any atom is -0.506 e. The molecular formula is C10H14N2O2. The topological polar surface area (TPSA) is 75.4 Å². The number of rotatable bonds is 3. The Morgan fingerprint density at radius 1 is 1.57 bits per heavy atom. The van der Waals surface area contributed by atoms with Gasteiger partial charge < -0.3 is 16.2 Å². The van der Waals surface area contributed by atoms with Crippen LogP contribution in [0.15, 0.2) is 24.3 Å². The van der Waals surface area contributed by atoms with Crippen LogP contribution >= 0.6 is 0 Å². The predicted molar refractivity (Wildman–Crippen MR) is 55.0 cm³/mol. The molecule has 0 aliphatic heterocycles. The fraction of sp³-hybridized carbons (Fsp3) is 0.300. The molecule has 0 aliphatic rings. The molecule has 4 nitrogen and oxygen atoms in total. The molecule has 1 unspecified atom stereocenters. The first-order valence-electron chi connectivity index (χ1n) is 4.49. The molecule has 0 heterocycles. The van der Waals surface area contributed by atoms with Gasteiger partial charge in [0.05, 0.1) is 11.7 Å². The van der Waals surface area contributed by atoms with E-state index in [1.165, 1.54) is 6.07 Å². The van der Waals surface area contributed by atoms with Crippen LogP contribution in [0.2, 0.25) is 0 Å². The van der Waals surface area contributed by atoms with Gasteiger partial charge in [0.25, 0.3) is 0 Å². The van der Waals surface area contributed by atoms with Crippen molar-refractivity contribution in [2.24, 2.45) is 5.73 Å². The third kappa shape index (κ3) is 2.47. The van der Waals surface area contributed by atoms with Gasteiger partial charge in [-0.3, -0.25) is 4.79 Å². The first kappa shape index (κ1) is 10.5. The van der Waals surface area contributed by atoms with Crippen LogP contribution in [-0.2, 0) is 4.79 Å². The van der Waals surface area contributed by atoms with Crippen LogP contribution in [0.4, 0.5) is 5.69 Å². The van der Waals surface area contributed by atoms with Gasteiger partial charge in [-0.05, 0) is 18.6 Å². The number of hydrogen-bond acceptors (Lipinski definition) is 3. The number of para-hydroxylation sites is 2. The Morgan fingerprint density at radius 3 is 2.79 bits per heavy atom. The van der Waals surface area contributed by atoms with E-state index >= 15 is 0 Å². The van der Waals surface area contributed by atoms with E-state index in [1.54, 1.807) is 18.2 Å². The normalized spacial score (nSPS) is 12.1. The summed E-state index contributed by atoms with van der Waals surface area (Å²) < 4.78 is 0. The first-order valence-corrected chi connectivity index (χ1v) is 4.49. The number of hydrogen-bond donors (Lipinski definition) is 3. The van der Waals surface area contributed by atoms with Crippen molar-refractivity contribution in [1.29, 1.82) is 0 Å². The Hall–Kier alpha value is -1.55. The molecule has 0 bridgehead atoms. The molecule has 14 heavy (non-hydrogen) atoms. The Balaban J connectivity index is 2.70. The smallest absolute Gasteiger partial charge is 0.241 e. The van der Waals surface area contributed by atoms with Crippen LogP contribution in [-0.4, -0.2) is 17.1 Å². The Labute approximate surface area is 82.7 Å². The van der Waals surface area contributed by atoms with Crippen molar-refractivity contribution in [3.05, 3.63) is 24.3 Å². The largest absolute Gasteiger partial charge is 0.506 e. The van der Waals surface area contributed by atoms with Crippen molar-refractivity contribution < 1.29 is 9.90 Å². The van der Waals surface area contributed by atoms with Gasteiger partial charge in [-0.1, -0.05) is 19.1 Å². The summed E-state index contributed by atoms with van der Waals surface area (Å²) in [5, 5.41) is 11.9. The highest BCUT2D eigenvalue weighted by Crippen LogP contribution is 2.21.